The van der Waals surface area contributed by atoms with Crippen molar-refractivity contribution in [2.24, 2.45) is 5.92 Å². The Morgan fingerprint density at radius 2 is 1.90 bits per heavy atom. The smallest absolute Gasteiger partial charge is 0.409 e. The third kappa shape index (κ3) is 5.40. The molecule has 0 radical (unpaired) electrons. The molecule has 3 heterocycles. The Hall–Kier alpha value is -2.83. The van der Waals surface area contributed by atoms with Gasteiger partial charge in [0.25, 0.3) is 5.22 Å². The van der Waals surface area contributed by atoms with Gasteiger partial charge in [-0.05, 0) is 13.8 Å². The predicted molar refractivity (Wildman–Crippen MR) is 104 cm³/mol. The number of hydrogen-bond donors (Lipinski definition) is 2. The number of ether oxygens (including phenoxy) is 1. The van der Waals surface area contributed by atoms with Gasteiger partial charge in [-0.3, -0.25) is 14.9 Å². The molecular formula is C17H24N6O6S. The highest BCUT2D eigenvalue weighted by Gasteiger charge is 2.34. The van der Waals surface area contributed by atoms with E-state index < -0.39 is 17.9 Å². The Labute approximate surface area is 177 Å². The normalized spacial score (nSPS) is 21.8. The minimum Gasteiger partial charge on any atom is -0.450 e. The molecule has 0 spiro atoms. The molecule has 12 nitrogen and oxygen atoms in total. The van der Waals surface area contributed by atoms with Gasteiger partial charge in [-0.25, -0.2) is 9.59 Å². The van der Waals surface area contributed by atoms with Crippen molar-refractivity contribution in [3.8, 4) is 0 Å². The number of carbonyl (C=O) groups is 4. The van der Waals surface area contributed by atoms with E-state index in [-0.39, 0.29) is 41.3 Å². The fraction of sp³-hybridized carbons (Fsp3) is 0.647. The fourth-order valence-corrected chi connectivity index (χ4v) is 3.86. The first kappa shape index (κ1) is 21.9. The van der Waals surface area contributed by atoms with Crippen LogP contribution in [0.3, 0.4) is 0 Å². The molecular weight excluding hydrogens is 416 g/mol. The van der Waals surface area contributed by atoms with E-state index in [1.807, 2.05) is 0 Å². The summed E-state index contributed by atoms with van der Waals surface area (Å²) in [6, 6.07) is -0.878. The molecule has 2 saturated heterocycles. The number of nitrogens with zero attached hydrogens (tertiary/aromatic N) is 4. The zero-order chi connectivity index (χ0) is 21.7. The van der Waals surface area contributed by atoms with Gasteiger partial charge in [-0.1, -0.05) is 11.8 Å². The predicted octanol–water partition coefficient (Wildman–Crippen LogP) is -0.151. The summed E-state index contributed by atoms with van der Waals surface area (Å²) in [4.78, 5) is 50.6. The molecule has 30 heavy (non-hydrogen) atoms. The zero-order valence-electron chi connectivity index (χ0n) is 16.8. The van der Waals surface area contributed by atoms with Gasteiger partial charge in [-0.15, -0.1) is 10.2 Å². The van der Waals surface area contributed by atoms with Gasteiger partial charge < -0.3 is 24.3 Å². The maximum atomic E-state index is 12.4. The number of rotatable bonds is 6. The number of urea groups is 1. The van der Waals surface area contributed by atoms with Crippen molar-refractivity contribution >= 4 is 35.7 Å². The molecule has 0 aliphatic carbocycles. The minimum atomic E-state index is -0.521. The van der Waals surface area contributed by atoms with Gasteiger partial charge in [0.15, 0.2) is 0 Å². The third-order valence-corrected chi connectivity index (χ3v) is 5.66. The number of aromatic nitrogens is 2. The molecule has 0 saturated carbocycles. The van der Waals surface area contributed by atoms with Crippen molar-refractivity contribution in [2.75, 3.05) is 38.5 Å². The first-order chi connectivity index (χ1) is 14.4. The first-order valence-electron chi connectivity index (χ1n) is 9.63. The Morgan fingerprint density at radius 1 is 1.20 bits per heavy atom. The second-order valence-electron chi connectivity index (χ2n) is 6.88. The molecule has 3 rings (SSSR count). The Balaban J connectivity index is 1.44. The summed E-state index contributed by atoms with van der Waals surface area (Å²) in [5.41, 5.74) is 0. The second-order valence-corrected chi connectivity index (χ2v) is 7.81. The van der Waals surface area contributed by atoms with E-state index in [4.69, 9.17) is 9.15 Å². The molecule has 2 unspecified atom stereocenters. The molecule has 0 bridgehead atoms. The summed E-state index contributed by atoms with van der Waals surface area (Å²) in [6.07, 6.45) is -0.178. The molecule has 164 valence electrons. The van der Waals surface area contributed by atoms with Crippen LogP contribution in [0.2, 0.25) is 0 Å². The van der Waals surface area contributed by atoms with Crippen LogP contribution in [0.15, 0.2) is 9.64 Å². The standard InChI is InChI=1S/C17H24N6O6S/c1-3-28-17(27)23-6-4-22(5-7-23)13(24)9-30-16-21-20-12(29-16)8-11-10(2)18-15(26)19-14(11)25/h10-11H,3-9H2,1-2H3,(H2,18,19,25,26). The monoisotopic (exact) mass is 440 g/mol. The molecule has 2 atom stereocenters. The molecule has 2 N–H and O–H groups in total. The van der Waals surface area contributed by atoms with Gasteiger partial charge in [-0.2, -0.15) is 0 Å². The van der Waals surface area contributed by atoms with Crippen LogP contribution in [0.5, 0.6) is 0 Å². The van der Waals surface area contributed by atoms with Crippen LogP contribution in [0.25, 0.3) is 0 Å². The Bertz CT molecular complexity index is 808. The average Bonchev–Trinajstić information content (AvgIpc) is 3.17. The average molecular weight is 440 g/mol. The van der Waals surface area contributed by atoms with Crippen LogP contribution in [-0.2, 0) is 20.7 Å². The van der Waals surface area contributed by atoms with E-state index in [1.54, 1.807) is 23.6 Å². The SMILES string of the molecule is CCOC(=O)N1CCN(C(=O)CSc2nnc(CC3C(=O)NC(=O)NC3C)o2)CC1. The van der Waals surface area contributed by atoms with Crippen molar-refractivity contribution in [1.29, 1.82) is 0 Å². The largest absolute Gasteiger partial charge is 0.450 e. The minimum absolute atomic E-state index is 0.0914. The van der Waals surface area contributed by atoms with E-state index in [0.29, 0.717) is 32.8 Å². The summed E-state index contributed by atoms with van der Waals surface area (Å²) in [5, 5.41) is 12.9. The number of carbonyl (C=O) groups excluding carboxylic acids is 4. The van der Waals surface area contributed by atoms with Crippen LogP contribution in [0.4, 0.5) is 9.59 Å². The van der Waals surface area contributed by atoms with E-state index in [1.165, 1.54) is 0 Å². The number of amides is 5. The summed E-state index contributed by atoms with van der Waals surface area (Å²) in [6.45, 7) is 5.53. The highest BCUT2D eigenvalue weighted by atomic mass is 32.2. The highest BCUT2D eigenvalue weighted by Crippen LogP contribution is 2.20. The van der Waals surface area contributed by atoms with Gasteiger partial charge in [0.2, 0.25) is 17.7 Å². The third-order valence-electron chi connectivity index (χ3n) is 4.86. The molecule has 5 amide bonds. The van der Waals surface area contributed by atoms with Gasteiger partial charge in [0.1, 0.15) is 0 Å². The lowest BCUT2D eigenvalue weighted by Gasteiger charge is -2.33. The lowest BCUT2D eigenvalue weighted by Crippen LogP contribution is -2.57. The van der Waals surface area contributed by atoms with E-state index in [0.717, 1.165) is 11.8 Å². The number of imide groups is 1. The first-order valence-corrected chi connectivity index (χ1v) is 10.6. The topological polar surface area (TPSA) is 147 Å². The van der Waals surface area contributed by atoms with E-state index >= 15 is 0 Å². The van der Waals surface area contributed by atoms with Crippen LogP contribution in [0.1, 0.15) is 19.7 Å². The quantitative estimate of drug-likeness (QED) is 0.576. The van der Waals surface area contributed by atoms with Gasteiger partial charge >= 0.3 is 12.1 Å². The van der Waals surface area contributed by atoms with Crippen LogP contribution >= 0.6 is 11.8 Å². The maximum absolute atomic E-state index is 12.4. The molecule has 2 aliphatic heterocycles. The summed E-state index contributed by atoms with van der Waals surface area (Å²) < 4.78 is 10.5. The number of nitrogens with one attached hydrogen (secondary N) is 2. The van der Waals surface area contributed by atoms with Gasteiger partial charge in [0, 0.05) is 38.6 Å². The lowest BCUT2D eigenvalue weighted by molar-refractivity contribution is -0.130. The summed E-state index contributed by atoms with van der Waals surface area (Å²) in [5.74, 6) is -0.617. The second kappa shape index (κ2) is 9.78. The lowest BCUT2D eigenvalue weighted by atomic mass is 9.95. The maximum Gasteiger partial charge on any atom is 0.409 e. The van der Waals surface area contributed by atoms with Crippen LogP contribution < -0.4 is 10.6 Å². The molecule has 1 aromatic heterocycles. The summed E-state index contributed by atoms with van der Waals surface area (Å²) >= 11 is 1.12. The van der Waals surface area contributed by atoms with Crippen molar-refractivity contribution in [3.63, 3.8) is 0 Å². The molecule has 0 aromatic carbocycles. The number of thioether (sulfide) groups is 1. The molecule has 13 heteroatoms. The zero-order valence-corrected chi connectivity index (χ0v) is 17.6. The highest BCUT2D eigenvalue weighted by molar-refractivity contribution is 7.99. The van der Waals surface area contributed by atoms with E-state index in [9.17, 15) is 19.2 Å². The van der Waals surface area contributed by atoms with Crippen molar-refractivity contribution in [1.82, 2.24) is 30.6 Å². The molecule has 2 fully saturated rings. The molecule has 1 aromatic rings. The van der Waals surface area contributed by atoms with Gasteiger partial charge in [0.05, 0.1) is 18.3 Å². The molecule has 2 aliphatic rings. The number of hydrogen-bond acceptors (Lipinski definition) is 9. The van der Waals surface area contributed by atoms with Crippen molar-refractivity contribution in [3.05, 3.63) is 5.89 Å². The Morgan fingerprint density at radius 3 is 2.57 bits per heavy atom. The van der Waals surface area contributed by atoms with Crippen molar-refractivity contribution < 1.29 is 28.3 Å². The fourth-order valence-electron chi connectivity index (χ4n) is 3.18. The van der Waals surface area contributed by atoms with E-state index in [2.05, 4.69) is 20.8 Å². The van der Waals surface area contributed by atoms with Crippen molar-refractivity contribution in [2.45, 2.75) is 31.5 Å². The Kier molecular flexibility index (Phi) is 7.13. The number of piperazine rings is 1. The van der Waals surface area contributed by atoms with Crippen LogP contribution in [-0.4, -0.2) is 88.5 Å². The van der Waals surface area contributed by atoms with Crippen LogP contribution in [0, 0.1) is 5.92 Å². The summed E-state index contributed by atoms with van der Waals surface area (Å²) in [7, 11) is 0.